The van der Waals surface area contributed by atoms with Crippen LogP contribution < -0.4 is 10.6 Å². The first-order chi connectivity index (χ1) is 11.7. The van der Waals surface area contributed by atoms with Gasteiger partial charge in [0.05, 0.1) is 0 Å². The largest absolute Gasteiger partial charge is 0.355 e. The molecule has 0 radical (unpaired) electrons. The van der Waals surface area contributed by atoms with E-state index in [2.05, 4.69) is 15.6 Å². The molecule has 0 fully saturated rings. The predicted molar refractivity (Wildman–Crippen MR) is 113 cm³/mol. The van der Waals surface area contributed by atoms with Gasteiger partial charge >= 0.3 is 0 Å². The number of nitrogens with zero attached hydrogens (tertiary/aromatic N) is 1. The van der Waals surface area contributed by atoms with Crippen molar-refractivity contribution in [3.8, 4) is 0 Å². The van der Waals surface area contributed by atoms with E-state index in [-0.39, 0.29) is 29.8 Å². The lowest BCUT2D eigenvalue weighted by Crippen LogP contribution is -2.38. The topological polar surface area (TPSA) is 53.5 Å². The minimum absolute atomic E-state index is 0. The molecule has 0 amide bonds. The molecule has 0 saturated heterocycles. The third-order valence-corrected chi connectivity index (χ3v) is 4.70. The van der Waals surface area contributed by atoms with Crippen LogP contribution in [-0.2, 0) is 23.1 Å². The summed E-state index contributed by atoms with van der Waals surface area (Å²) in [6.45, 7) is 1.12. The monoisotopic (exact) mass is 475 g/mol. The van der Waals surface area contributed by atoms with Gasteiger partial charge in [0.2, 0.25) is 0 Å². The zero-order valence-electron chi connectivity index (χ0n) is 14.1. The Labute approximate surface area is 167 Å². The van der Waals surface area contributed by atoms with E-state index in [0.717, 1.165) is 11.1 Å². The lowest BCUT2D eigenvalue weighted by atomic mass is 10.2. The van der Waals surface area contributed by atoms with E-state index in [4.69, 9.17) is 0 Å². The lowest BCUT2D eigenvalue weighted by molar-refractivity contribution is 0.626. The van der Waals surface area contributed by atoms with Gasteiger partial charge < -0.3 is 10.6 Å². The molecule has 2 rings (SSSR count). The van der Waals surface area contributed by atoms with Gasteiger partial charge in [-0.2, -0.15) is 0 Å². The molecule has 0 saturated carbocycles. The van der Waals surface area contributed by atoms with E-state index in [0.29, 0.717) is 30.6 Å². The molecule has 2 N–H and O–H groups in total. The van der Waals surface area contributed by atoms with Gasteiger partial charge in [-0.1, -0.05) is 42.5 Å². The smallest absolute Gasteiger partial charge is 0.191 e. The molecule has 0 bridgehead atoms. The molecule has 0 aliphatic heterocycles. The van der Waals surface area contributed by atoms with Gasteiger partial charge in [0.1, 0.15) is 5.82 Å². The Balaban J connectivity index is 0.00000312. The van der Waals surface area contributed by atoms with Crippen LogP contribution in [0.5, 0.6) is 0 Å². The van der Waals surface area contributed by atoms with Crippen LogP contribution in [0.4, 0.5) is 4.39 Å². The zero-order chi connectivity index (χ0) is 17.2. The van der Waals surface area contributed by atoms with Gasteiger partial charge in [0.25, 0.3) is 0 Å². The molecule has 4 nitrogen and oxygen atoms in total. The van der Waals surface area contributed by atoms with E-state index >= 15 is 0 Å². The second-order valence-electron chi connectivity index (χ2n) is 5.25. The van der Waals surface area contributed by atoms with Gasteiger partial charge in [-0.3, -0.25) is 9.20 Å². The average molecular weight is 475 g/mol. The molecule has 25 heavy (non-hydrogen) atoms. The molecular formula is C18H23FIN3OS. The van der Waals surface area contributed by atoms with Crippen molar-refractivity contribution in [2.24, 2.45) is 4.99 Å². The van der Waals surface area contributed by atoms with Crippen LogP contribution in [0.2, 0.25) is 0 Å². The fourth-order valence-corrected chi connectivity index (χ4v) is 3.16. The van der Waals surface area contributed by atoms with Crippen molar-refractivity contribution in [2.45, 2.75) is 12.3 Å². The highest BCUT2D eigenvalue weighted by Gasteiger charge is 2.03. The maximum absolute atomic E-state index is 12.9. The number of rotatable bonds is 7. The second kappa shape index (κ2) is 12.0. The summed E-state index contributed by atoms with van der Waals surface area (Å²) in [5.41, 5.74) is 2.04. The summed E-state index contributed by atoms with van der Waals surface area (Å²) in [5.74, 6) is 1.49. The molecule has 1 atom stereocenters. The Morgan fingerprint density at radius 3 is 2.36 bits per heavy atom. The van der Waals surface area contributed by atoms with Crippen molar-refractivity contribution in [3.05, 3.63) is 71.5 Å². The Kier molecular flexibility index (Phi) is 10.3. The fourth-order valence-electron chi connectivity index (χ4n) is 2.12. The van der Waals surface area contributed by atoms with Crippen LogP contribution in [0.1, 0.15) is 11.1 Å². The van der Waals surface area contributed by atoms with Crippen LogP contribution in [0.3, 0.4) is 0 Å². The van der Waals surface area contributed by atoms with Gasteiger partial charge in [-0.15, -0.1) is 24.0 Å². The van der Waals surface area contributed by atoms with Gasteiger partial charge in [-0.25, -0.2) is 4.39 Å². The Bertz CT molecular complexity index is 680. The van der Waals surface area contributed by atoms with E-state index < -0.39 is 10.8 Å². The van der Waals surface area contributed by atoms with Crippen molar-refractivity contribution in [1.29, 1.82) is 0 Å². The van der Waals surface area contributed by atoms with E-state index in [1.807, 2.05) is 30.3 Å². The van der Waals surface area contributed by atoms with Crippen molar-refractivity contribution in [3.63, 3.8) is 0 Å². The minimum atomic E-state index is -0.919. The fraction of sp³-hybridized carbons (Fsp3) is 0.278. The summed E-state index contributed by atoms with van der Waals surface area (Å²) in [7, 11) is 0.763. The standard InChI is InChI=1S/C18H22FN3OS.HI/c1-20-18(22-13-15-7-9-17(19)10-8-15)21-11-12-24(23)14-16-5-3-2-4-6-16;/h2-10H,11-14H2,1H3,(H2,20,21,22);1H. The highest BCUT2D eigenvalue weighted by Crippen LogP contribution is 2.03. The second-order valence-corrected chi connectivity index (χ2v) is 6.83. The molecule has 0 spiro atoms. The van der Waals surface area contributed by atoms with Gasteiger partial charge in [0.15, 0.2) is 5.96 Å². The number of nitrogens with one attached hydrogen (secondary N) is 2. The maximum Gasteiger partial charge on any atom is 0.191 e. The summed E-state index contributed by atoms with van der Waals surface area (Å²) in [5, 5.41) is 6.29. The van der Waals surface area contributed by atoms with Gasteiger partial charge in [0, 0.05) is 42.4 Å². The first-order valence-electron chi connectivity index (χ1n) is 7.75. The summed E-state index contributed by atoms with van der Waals surface area (Å²) < 4.78 is 24.9. The first-order valence-corrected chi connectivity index (χ1v) is 9.24. The van der Waals surface area contributed by atoms with Crippen molar-refractivity contribution in [2.75, 3.05) is 19.3 Å². The van der Waals surface area contributed by atoms with Crippen LogP contribution in [0.25, 0.3) is 0 Å². The SMILES string of the molecule is CN=C(NCCS(=O)Cc1ccccc1)NCc1ccc(F)cc1.I. The van der Waals surface area contributed by atoms with E-state index in [1.165, 1.54) is 12.1 Å². The van der Waals surface area contributed by atoms with Crippen molar-refractivity contribution < 1.29 is 8.60 Å². The summed E-state index contributed by atoms with van der Waals surface area (Å²) in [6, 6.07) is 16.1. The quantitative estimate of drug-likeness (QED) is 0.368. The van der Waals surface area contributed by atoms with Crippen molar-refractivity contribution >= 4 is 40.7 Å². The van der Waals surface area contributed by atoms with Crippen molar-refractivity contribution in [1.82, 2.24) is 10.6 Å². The number of halogens is 2. The number of hydrogen-bond acceptors (Lipinski definition) is 2. The predicted octanol–water partition coefficient (Wildman–Crippen LogP) is 3.06. The first kappa shape index (κ1) is 21.6. The van der Waals surface area contributed by atoms with E-state index in [1.54, 1.807) is 19.2 Å². The maximum atomic E-state index is 12.9. The molecule has 2 aromatic rings. The average Bonchev–Trinajstić information content (AvgIpc) is 2.60. The van der Waals surface area contributed by atoms with Crippen LogP contribution in [-0.4, -0.2) is 29.5 Å². The highest BCUT2D eigenvalue weighted by atomic mass is 127. The molecule has 7 heteroatoms. The highest BCUT2D eigenvalue weighted by molar-refractivity contribution is 14.0. The summed E-state index contributed by atoms with van der Waals surface area (Å²) in [4.78, 5) is 4.12. The minimum Gasteiger partial charge on any atom is -0.355 e. The van der Waals surface area contributed by atoms with Gasteiger partial charge in [-0.05, 0) is 23.3 Å². The molecule has 0 aliphatic carbocycles. The molecule has 0 aromatic heterocycles. The van der Waals surface area contributed by atoms with E-state index in [9.17, 15) is 8.60 Å². The van der Waals surface area contributed by atoms with Crippen LogP contribution in [0, 0.1) is 5.82 Å². The lowest BCUT2D eigenvalue weighted by Gasteiger charge is -2.12. The molecule has 136 valence electrons. The number of hydrogen-bond donors (Lipinski definition) is 2. The normalized spacial score (nSPS) is 12.2. The molecular weight excluding hydrogens is 452 g/mol. The van der Waals surface area contributed by atoms with Crippen LogP contribution in [0.15, 0.2) is 59.6 Å². The Morgan fingerprint density at radius 2 is 1.72 bits per heavy atom. The number of benzene rings is 2. The molecule has 0 heterocycles. The summed E-state index contributed by atoms with van der Waals surface area (Å²) >= 11 is 0. The third-order valence-electron chi connectivity index (χ3n) is 3.39. The summed E-state index contributed by atoms with van der Waals surface area (Å²) in [6.07, 6.45) is 0. The van der Waals surface area contributed by atoms with Crippen LogP contribution >= 0.6 is 24.0 Å². The Morgan fingerprint density at radius 1 is 1.04 bits per heavy atom. The molecule has 0 aliphatic rings. The molecule has 2 aromatic carbocycles. The molecule has 1 unspecified atom stereocenters. The third kappa shape index (κ3) is 8.44. The Hall–Kier alpha value is -1.48. The number of aliphatic imine (C=N–C) groups is 1. The zero-order valence-corrected chi connectivity index (χ0v) is 17.2. The number of guanidine groups is 1.